The van der Waals surface area contributed by atoms with Crippen LogP contribution in [0.15, 0.2) is 28.8 Å². The molecule has 1 aliphatic heterocycles. The molecule has 0 aliphatic carbocycles. The number of nitrogens with one attached hydrogen (secondary N) is 1. The Morgan fingerprint density at radius 2 is 2.33 bits per heavy atom. The van der Waals surface area contributed by atoms with E-state index in [0.29, 0.717) is 18.9 Å². The lowest BCUT2D eigenvalue weighted by Crippen LogP contribution is -2.27. The summed E-state index contributed by atoms with van der Waals surface area (Å²) in [6, 6.07) is 8.26. The number of piperidine rings is 1. The Labute approximate surface area is 124 Å². The minimum atomic E-state index is 0.244. The van der Waals surface area contributed by atoms with Crippen molar-refractivity contribution in [2.24, 2.45) is 0 Å². The van der Waals surface area contributed by atoms with Crippen LogP contribution < -0.4 is 10.1 Å². The van der Waals surface area contributed by atoms with Crippen LogP contribution in [0.25, 0.3) is 0 Å². The molecule has 3 rings (SSSR count). The van der Waals surface area contributed by atoms with Crippen molar-refractivity contribution in [2.45, 2.75) is 38.6 Å². The third-order valence-corrected chi connectivity index (χ3v) is 3.68. The molecule has 21 heavy (non-hydrogen) atoms. The highest BCUT2D eigenvalue weighted by Crippen LogP contribution is 2.20. The highest BCUT2D eigenvalue weighted by molar-refractivity contribution is 5.27. The van der Waals surface area contributed by atoms with Gasteiger partial charge >= 0.3 is 0 Å². The molecule has 2 heterocycles. The Kier molecular flexibility index (Phi) is 4.50. The van der Waals surface area contributed by atoms with Crippen molar-refractivity contribution in [1.82, 2.24) is 15.5 Å². The first-order valence-corrected chi connectivity index (χ1v) is 7.56. The van der Waals surface area contributed by atoms with Gasteiger partial charge in [0.2, 0.25) is 5.89 Å². The highest BCUT2D eigenvalue weighted by atomic mass is 16.5. The van der Waals surface area contributed by atoms with Crippen molar-refractivity contribution < 1.29 is 9.26 Å². The summed E-state index contributed by atoms with van der Waals surface area (Å²) in [6.07, 6.45) is 4.16. The first-order chi connectivity index (χ1) is 10.3. The molecule has 2 aromatic rings. The summed E-state index contributed by atoms with van der Waals surface area (Å²) in [6.45, 7) is 3.63. The summed E-state index contributed by atoms with van der Waals surface area (Å²) >= 11 is 0. The predicted octanol–water partition coefficient (Wildman–Crippen LogP) is 2.81. The lowest BCUT2D eigenvalue weighted by molar-refractivity contribution is 0.290. The highest BCUT2D eigenvalue weighted by Gasteiger charge is 2.20. The maximum Gasteiger partial charge on any atom is 0.230 e. The first-order valence-electron chi connectivity index (χ1n) is 7.56. The Bertz CT molecular complexity index is 576. The molecule has 0 spiro atoms. The predicted molar refractivity (Wildman–Crippen MR) is 79.3 cm³/mol. The zero-order valence-electron chi connectivity index (χ0n) is 12.3. The second-order valence-electron chi connectivity index (χ2n) is 5.46. The average molecular weight is 287 g/mol. The fourth-order valence-corrected chi connectivity index (χ4v) is 2.54. The van der Waals surface area contributed by atoms with Gasteiger partial charge in [0, 0.05) is 0 Å². The van der Waals surface area contributed by atoms with Crippen LogP contribution in [-0.4, -0.2) is 23.3 Å². The van der Waals surface area contributed by atoms with Crippen LogP contribution >= 0.6 is 0 Å². The van der Waals surface area contributed by atoms with E-state index >= 15 is 0 Å². The normalized spacial score (nSPS) is 18.6. The maximum absolute atomic E-state index is 5.70. The molecule has 1 N–H and O–H groups in total. The van der Waals surface area contributed by atoms with E-state index < -0.39 is 0 Å². The quantitative estimate of drug-likeness (QED) is 0.916. The molecule has 1 atom stereocenters. The smallest absolute Gasteiger partial charge is 0.230 e. The summed E-state index contributed by atoms with van der Waals surface area (Å²) in [7, 11) is 0. The van der Waals surface area contributed by atoms with Gasteiger partial charge in [0.05, 0.1) is 19.1 Å². The molecule has 1 fully saturated rings. The lowest BCUT2D eigenvalue weighted by Gasteiger charge is -2.19. The van der Waals surface area contributed by atoms with Crippen molar-refractivity contribution >= 4 is 0 Å². The zero-order chi connectivity index (χ0) is 14.5. The van der Waals surface area contributed by atoms with Crippen molar-refractivity contribution in [3.05, 3.63) is 41.5 Å². The summed E-state index contributed by atoms with van der Waals surface area (Å²) in [5.41, 5.74) is 1.19. The van der Waals surface area contributed by atoms with E-state index in [0.717, 1.165) is 24.5 Å². The fraction of sp³-hybridized carbons (Fsp3) is 0.500. The average Bonchev–Trinajstić information content (AvgIpc) is 2.97. The van der Waals surface area contributed by atoms with Gasteiger partial charge in [-0.2, -0.15) is 4.98 Å². The van der Waals surface area contributed by atoms with E-state index in [4.69, 9.17) is 9.26 Å². The number of hydrogen-bond acceptors (Lipinski definition) is 5. The van der Waals surface area contributed by atoms with E-state index in [1.165, 1.54) is 18.4 Å². The van der Waals surface area contributed by atoms with Gasteiger partial charge in [0.15, 0.2) is 5.82 Å². The Balaban J connectivity index is 1.50. The molecule has 0 radical (unpaired) electrons. The van der Waals surface area contributed by atoms with Gasteiger partial charge < -0.3 is 14.6 Å². The number of aryl methyl sites for hydroxylation is 1. The van der Waals surface area contributed by atoms with Crippen LogP contribution in [0.3, 0.4) is 0 Å². The minimum Gasteiger partial charge on any atom is -0.493 e. The number of ether oxygens (including phenoxy) is 1. The van der Waals surface area contributed by atoms with Crippen molar-refractivity contribution in [1.29, 1.82) is 0 Å². The topological polar surface area (TPSA) is 60.2 Å². The summed E-state index contributed by atoms with van der Waals surface area (Å²) < 4.78 is 11.0. The minimum absolute atomic E-state index is 0.244. The van der Waals surface area contributed by atoms with Crippen LogP contribution in [-0.2, 0) is 6.42 Å². The van der Waals surface area contributed by atoms with E-state index in [9.17, 15) is 0 Å². The van der Waals surface area contributed by atoms with Gasteiger partial charge in [-0.3, -0.25) is 0 Å². The number of benzene rings is 1. The number of aromatic nitrogens is 2. The molecule has 1 aliphatic rings. The van der Waals surface area contributed by atoms with Crippen molar-refractivity contribution in [3.63, 3.8) is 0 Å². The maximum atomic E-state index is 5.70. The Morgan fingerprint density at radius 1 is 1.38 bits per heavy atom. The van der Waals surface area contributed by atoms with E-state index in [1.54, 1.807) is 0 Å². The van der Waals surface area contributed by atoms with Crippen LogP contribution in [0.1, 0.15) is 42.6 Å². The van der Waals surface area contributed by atoms with Crippen molar-refractivity contribution in [3.8, 4) is 5.75 Å². The summed E-state index contributed by atoms with van der Waals surface area (Å²) in [5, 5.41) is 7.50. The lowest BCUT2D eigenvalue weighted by atomic mass is 10.0. The van der Waals surface area contributed by atoms with E-state index in [2.05, 4.69) is 15.5 Å². The molecule has 1 saturated heterocycles. The van der Waals surface area contributed by atoms with Crippen LogP contribution in [0, 0.1) is 6.92 Å². The van der Waals surface area contributed by atoms with Crippen LogP contribution in [0.5, 0.6) is 5.75 Å². The molecule has 1 unspecified atom stereocenters. The van der Waals surface area contributed by atoms with E-state index in [-0.39, 0.29) is 6.04 Å². The zero-order valence-corrected chi connectivity index (χ0v) is 12.3. The van der Waals surface area contributed by atoms with Gasteiger partial charge in [-0.15, -0.1) is 0 Å². The molecular formula is C16H21N3O2. The SMILES string of the molecule is Cc1cccc(OCCc2nc(C3CCCCN3)no2)c1. The molecule has 0 amide bonds. The second-order valence-corrected chi connectivity index (χ2v) is 5.46. The van der Waals surface area contributed by atoms with Gasteiger partial charge in [-0.25, -0.2) is 0 Å². The number of rotatable bonds is 5. The molecule has 0 saturated carbocycles. The fourth-order valence-electron chi connectivity index (χ4n) is 2.54. The molecular weight excluding hydrogens is 266 g/mol. The van der Waals surface area contributed by atoms with Gasteiger partial charge in [-0.05, 0) is 44.0 Å². The molecule has 5 heteroatoms. The molecule has 0 bridgehead atoms. The Morgan fingerprint density at radius 3 is 3.14 bits per heavy atom. The van der Waals surface area contributed by atoms with Gasteiger partial charge in [0.1, 0.15) is 5.75 Å². The van der Waals surface area contributed by atoms with Crippen molar-refractivity contribution in [2.75, 3.05) is 13.2 Å². The molecule has 112 valence electrons. The van der Waals surface area contributed by atoms with Gasteiger partial charge in [0.25, 0.3) is 0 Å². The summed E-state index contributed by atoms with van der Waals surface area (Å²) in [4.78, 5) is 4.46. The number of nitrogens with zero attached hydrogens (tertiary/aromatic N) is 2. The van der Waals surface area contributed by atoms with E-state index in [1.807, 2.05) is 31.2 Å². The summed E-state index contributed by atoms with van der Waals surface area (Å²) in [5.74, 6) is 2.30. The van der Waals surface area contributed by atoms with Gasteiger partial charge in [-0.1, -0.05) is 23.7 Å². The third kappa shape index (κ3) is 3.82. The monoisotopic (exact) mass is 287 g/mol. The molecule has 1 aromatic heterocycles. The third-order valence-electron chi connectivity index (χ3n) is 3.68. The molecule has 1 aromatic carbocycles. The molecule has 5 nitrogen and oxygen atoms in total. The standard InChI is InChI=1S/C16H21N3O2/c1-12-5-4-6-13(11-12)20-10-8-15-18-16(19-21-15)14-7-2-3-9-17-14/h4-6,11,14,17H,2-3,7-10H2,1H3. The Hall–Kier alpha value is -1.88. The number of hydrogen-bond donors (Lipinski definition) is 1. The largest absolute Gasteiger partial charge is 0.493 e. The van der Waals surface area contributed by atoms with Crippen LogP contribution in [0.2, 0.25) is 0 Å². The van der Waals surface area contributed by atoms with Crippen LogP contribution in [0.4, 0.5) is 0 Å². The second kappa shape index (κ2) is 6.72. The first kappa shape index (κ1) is 14.1.